The van der Waals surface area contributed by atoms with Crippen LogP contribution >= 0.6 is 0 Å². The minimum absolute atomic E-state index is 0.0184. The molecule has 0 saturated carbocycles. The summed E-state index contributed by atoms with van der Waals surface area (Å²) in [6.45, 7) is 7.10. The summed E-state index contributed by atoms with van der Waals surface area (Å²) in [4.78, 5) is 17.9. The molecule has 1 aliphatic heterocycles. The predicted molar refractivity (Wildman–Crippen MR) is 124 cm³/mol. The van der Waals surface area contributed by atoms with Gasteiger partial charge in [0.05, 0.1) is 0 Å². The highest BCUT2D eigenvalue weighted by molar-refractivity contribution is 5.96. The normalized spacial score (nSPS) is 15.5. The van der Waals surface area contributed by atoms with Crippen LogP contribution in [-0.2, 0) is 4.79 Å². The number of rotatable bonds is 5. The molecule has 1 fully saturated rings. The first-order valence-corrected chi connectivity index (χ1v) is 10.7. The molecule has 0 spiro atoms. The Morgan fingerprint density at radius 2 is 1.58 bits per heavy atom. The zero-order chi connectivity index (χ0) is 21.8. The molecule has 0 bridgehead atoms. The van der Waals surface area contributed by atoms with Crippen molar-refractivity contribution < 1.29 is 9.18 Å². The van der Waals surface area contributed by atoms with E-state index in [0.717, 1.165) is 54.2 Å². The van der Waals surface area contributed by atoms with Crippen LogP contribution in [0.25, 0.3) is 0 Å². The second-order valence-corrected chi connectivity index (χ2v) is 8.12. The third-order valence-corrected chi connectivity index (χ3v) is 5.89. The largest absolute Gasteiger partial charge is 0.369 e. The molecule has 3 aromatic carbocycles. The Kier molecular flexibility index (Phi) is 6.33. The average molecular weight is 418 g/mol. The van der Waals surface area contributed by atoms with E-state index in [1.807, 2.05) is 74.5 Å². The Bertz CT molecular complexity index is 1030. The molecular formula is C26H28FN3O. The van der Waals surface area contributed by atoms with Gasteiger partial charge in [0.1, 0.15) is 11.9 Å². The van der Waals surface area contributed by atoms with Crippen molar-refractivity contribution >= 4 is 17.3 Å². The Hall–Kier alpha value is -3.18. The van der Waals surface area contributed by atoms with Gasteiger partial charge < -0.3 is 10.2 Å². The van der Waals surface area contributed by atoms with Crippen molar-refractivity contribution in [3.05, 3.63) is 95.3 Å². The van der Waals surface area contributed by atoms with Crippen molar-refractivity contribution in [2.24, 2.45) is 0 Å². The number of carbonyl (C=O) groups excluding carboxylic acids is 1. The summed E-state index contributed by atoms with van der Waals surface area (Å²) >= 11 is 0. The molecule has 31 heavy (non-hydrogen) atoms. The van der Waals surface area contributed by atoms with Gasteiger partial charge in [-0.15, -0.1) is 0 Å². The number of anilines is 2. The topological polar surface area (TPSA) is 35.6 Å². The average Bonchev–Trinajstić information content (AvgIpc) is 2.78. The van der Waals surface area contributed by atoms with Crippen molar-refractivity contribution in [1.29, 1.82) is 0 Å². The summed E-state index contributed by atoms with van der Waals surface area (Å²) in [5.74, 6) is -0.246. The van der Waals surface area contributed by atoms with Gasteiger partial charge in [0, 0.05) is 37.6 Å². The zero-order valence-corrected chi connectivity index (χ0v) is 18.0. The van der Waals surface area contributed by atoms with Crippen LogP contribution in [-0.4, -0.2) is 37.0 Å². The molecule has 160 valence electrons. The number of benzene rings is 3. The molecule has 1 atom stereocenters. The van der Waals surface area contributed by atoms with Gasteiger partial charge in [-0.1, -0.05) is 42.5 Å². The van der Waals surface area contributed by atoms with Crippen molar-refractivity contribution in [3.8, 4) is 0 Å². The van der Waals surface area contributed by atoms with Crippen LogP contribution in [0.2, 0.25) is 0 Å². The molecule has 1 aliphatic rings. The maximum Gasteiger partial charge on any atom is 0.246 e. The Labute approximate surface area is 183 Å². The van der Waals surface area contributed by atoms with E-state index in [1.54, 1.807) is 0 Å². The van der Waals surface area contributed by atoms with E-state index in [2.05, 4.69) is 15.1 Å². The van der Waals surface area contributed by atoms with Gasteiger partial charge in [0.15, 0.2) is 0 Å². The molecule has 0 aromatic heterocycles. The van der Waals surface area contributed by atoms with E-state index in [1.165, 1.54) is 12.1 Å². The molecule has 1 amide bonds. The third kappa shape index (κ3) is 4.94. The van der Waals surface area contributed by atoms with Crippen LogP contribution in [0.3, 0.4) is 0 Å². The van der Waals surface area contributed by atoms with Gasteiger partial charge >= 0.3 is 0 Å². The van der Waals surface area contributed by atoms with Crippen molar-refractivity contribution in [1.82, 2.24) is 4.90 Å². The fraction of sp³-hybridized carbons (Fsp3) is 0.269. The number of carbonyl (C=O) groups is 1. The van der Waals surface area contributed by atoms with Crippen LogP contribution in [0.5, 0.6) is 0 Å². The Morgan fingerprint density at radius 3 is 2.26 bits per heavy atom. The Balaban J connectivity index is 1.53. The molecule has 4 nitrogen and oxygen atoms in total. The lowest BCUT2D eigenvalue weighted by Crippen LogP contribution is -2.50. The number of nitrogens with one attached hydrogen (secondary N) is 1. The third-order valence-electron chi connectivity index (χ3n) is 5.89. The minimum atomic E-state index is -0.364. The highest BCUT2D eigenvalue weighted by atomic mass is 19.1. The summed E-state index contributed by atoms with van der Waals surface area (Å²) in [6.07, 6.45) is 0. The molecule has 1 saturated heterocycles. The fourth-order valence-corrected chi connectivity index (χ4v) is 4.13. The maximum atomic E-state index is 13.5. The molecule has 0 aliphatic carbocycles. The first-order valence-electron chi connectivity index (χ1n) is 10.7. The lowest BCUT2D eigenvalue weighted by atomic mass is 10.0. The predicted octanol–water partition coefficient (Wildman–Crippen LogP) is 4.94. The molecule has 1 unspecified atom stereocenters. The fourth-order valence-electron chi connectivity index (χ4n) is 4.13. The summed E-state index contributed by atoms with van der Waals surface area (Å²) < 4.78 is 13.3. The quantitative estimate of drug-likeness (QED) is 0.638. The van der Waals surface area contributed by atoms with E-state index < -0.39 is 0 Å². The highest BCUT2D eigenvalue weighted by Crippen LogP contribution is 2.27. The number of amides is 1. The van der Waals surface area contributed by atoms with Crippen molar-refractivity contribution in [3.63, 3.8) is 0 Å². The molecular weight excluding hydrogens is 389 g/mol. The Morgan fingerprint density at radius 1 is 0.903 bits per heavy atom. The summed E-state index contributed by atoms with van der Waals surface area (Å²) in [5.41, 5.74) is 5.02. The number of hydrogen-bond donors (Lipinski definition) is 1. The minimum Gasteiger partial charge on any atom is -0.369 e. The van der Waals surface area contributed by atoms with Crippen LogP contribution in [0.15, 0.2) is 72.8 Å². The number of aryl methyl sites for hydroxylation is 2. The molecule has 5 heteroatoms. The van der Waals surface area contributed by atoms with Crippen LogP contribution in [0.4, 0.5) is 15.8 Å². The molecule has 1 N–H and O–H groups in total. The number of nitrogens with zero attached hydrogens (tertiary/aromatic N) is 2. The summed E-state index contributed by atoms with van der Waals surface area (Å²) in [6, 6.07) is 22.3. The zero-order valence-electron chi connectivity index (χ0n) is 18.0. The number of hydrogen-bond acceptors (Lipinski definition) is 3. The number of halogens is 1. The van der Waals surface area contributed by atoms with E-state index in [-0.39, 0.29) is 17.8 Å². The summed E-state index contributed by atoms with van der Waals surface area (Å²) in [5, 5.41) is 3.16. The van der Waals surface area contributed by atoms with Gasteiger partial charge in [-0.2, -0.15) is 0 Å². The molecule has 3 aromatic rings. The monoisotopic (exact) mass is 417 g/mol. The molecule has 1 heterocycles. The standard InChI is InChI=1S/C26H28FN3O/c1-19-8-9-20(2)24(18-19)28-26(31)25(21-6-4-3-5-7-21)30-16-14-29(15-17-30)23-12-10-22(27)11-13-23/h3-13,18,25H,14-17H2,1-2H3,(H,28,31). The van der Waals surface area contributed by atoms with E-state index >= 15 is 0 Å². The van der Waals surface area contributed by atoms with E-state index in [0.29, 0.717) is 0 Å². The second kappa shape index (κ2) is 9.31. The van der Waals surface area contributed by atoms with Gasteiger partial charge in [-0.05, 0) is 60.9 Å². The first-order chi connectivity index (χ1) is 15.0. The first kappa shape index (κ1) is 21.1. The smallest absolute Gasteiger partial charge is 0.246 e. The highest BCUT2D eigenvalue weighted by Gasteiger charge is 2.30. The second-order valence-electron chi connectivity index (χ2n) is 8.12. The summed E-state index contributed by atoms with van der Waals surface area (Å²) in [7, 11) is 0. The van der Waals surface area contributed by atoms with E-state index in [4.69, 9.17) is 0 Å². The van der Waals surface area contributed by atoms with Gasteiger partial charge in [0.25, 0.3) is 0 Å². The lowest BCUT2D eigenvalue weighted by molar-refractivity contribution is -0.121. The van der Waals surface area contributed by atoms with Gasteiger partial charge in [-0.3, -0.25) is 9.69 Å². The van der Waals surface area contributed by atoms with Gasteiger partial charge in [0.2, 0.25) is 5.91 Å². The van der Waals surface area contributed by atoms with Gasteiger partial charge in [-0.25, -0.2) is 4.39 Å². The maximum absolute atomic E-state index is 13.5. The van der Waals surface area contributed by atoms with Crippen molar-refractivity contribution in [2.75, 3.05) is 36.4 Å². The van der Waals surface area contributed by atoms with Crippen LogP contribution in [0, 0.1) is 19.7 Å². The molecule has 4 rings (SSSR count). The SMILES string of the molecule is Cc1ccc(C)c(NC(=O)C(c2ccccc2)N2CCN(c3ccc(F)cc3)CC2)c1. The number of piperazine rings is 1. The molecule has 0 radical (unpaired) electrons. The van der Waals surface area contributed by atoms with Crippen LogP contribution in [0.1, 0.15) is 22.7 Å². The van der Waals surface area contributed by atoms with Crippen molar-refractivity contribution in [2.45, 2.75) is 19.9 Å². The van der Waals surface area contributed by atoms with Crippen LogP contribution < -0.4 is 10.2 Å². The van der Waals surface area contributed by atoms with E-state index in [9.17, 15) is 9.18 Å². The lowest BCUT2D eigenvalue weighted by Gasteiger charge is -2.39.